The Morgan fingerprint density at radius 3 is 3.00 bits per heavy atom. The molecular formula is C13H16ClN3. The van der Waals surface area contributed by atoms with Gasteiger partial charge in [-0.3, -0.25) is 0 Å². The van der Waals surface area contributed by atoms with Gasteiger partial charge >= 0.3 is 0 Å². The Kier molecular flexibility index (Phi) is 4.15. The van der Waals surface area contributed by atoms with Crippen molar-refractivity contribution in [1.82, 2.24) is 9.97 Å². The van der Waals surface area contributed by atoms with Crippen LogP contribution in [-0.2, 0) is 0 Å². The molecule has 0 aliphatic carbocycles. The number of hydrogen-bond acceptors (Lipinski definition) is 3. The lowest BCUT2D eigenvalue weighted by molar-refractivity contribution is 0.750. The zero-order valence-corrected chi connectivity index (χ0v) is 10.6. The van der Waals surface area contributed by atoms with Crippen LogP contribution >= 0.6 is 11.6 Å². The van der Waals surface area contributed by atoms with Gasteiger partial charge in [0.05, 0.1) is 5.52 Å². The number of hydrogen-bond donors (Lipinski definition) is 1. The van der Waals surface area contributed by atoms with Crippen molar-refractivity contribution >= 4 is 28.5 Å². The topological polar surface area (TPSA) is 37.8 Å². The van der Waals surface area contributed by atoms with Gasteiger partial charge in [0.1, 0.15) is 0 Å². The first-order valence-corrected chi connectivity index (χ1v) is 6.33. The van der Waals surface area contributed by atoms with E-state index < -0.39 is 0 Å². The van der Waals surface area contributed by atoms with Gasteiger partial charge in [0, 0.05) is 23.5 Å². The third kappa shape index (κ3) is 3.30. The van der Waals surface area contributed by atoms with Crippen LogP contribution in [0.3, 0.4) is 0 Å². The van der Waals surface area contributed by atoms with Gasteiger partial charge in [-0.2, -0.15) is 0 Å². The zero-order chi connectivity index (χ0) is 12.1. The molecule has 0 saturated carbocycles. The summed E-state index contributed by atoms with van der Waals surface area (Å²) in [6, 6.07) is 7.95. The number of halogens is 1. The van der Waals surface area contributed by atoms with Crippen LogP contribution in [0.2, 0.25) is 0 Å². The van der Waals surface area contributed by atoms with Gasteiger partial charge in [-0.05, 0) is 18.9 Å². The summed E-state index contributed by atoms with van der Waals surface area (Å²) in [5.41, 5.74) is 0.961. The standard InChI is InChI=1S/C13H16ClN3/c1-2-11(14)7-8-15-13-16-9-10-5-3-4-6-12(10)17-13/h3-6,9,11H,2,7-8H2,1H3,(H,15,16,17). The van der Waals surface area contributed by atoms with Crippen LogP contribution in [0.15, 0.2) is 30.5 Å². The second-order valence-corrected chi connectivity index (χ2v) is 4.59. The highest BCUT2D eigenvalue weighted by Crippen LogP contribution is 2.12. The second-order valence-electron chi connectivity index (χ2n) is 3.97. The van der Waals surface area contributed by atoms with E-state index in [4.69, 9.17) is 11.6 Å². The van der Waals surface area contributed by atoms with Gasteiger partial charge in [0.15, 0.2) is 0 Å². The maximum atomic E-state index is 6.05. The SMILES string of the molecule is CCC(Cl)CCNc1ncc2ccccc2n1. The van der Waals surface area contributed by atoms with Gasteiger partial charge < -0.3 is 5.32 Å². The van der Waals surface area contributed by atoms with E-state index in [2.05, 4.69) is 22.2 Å². The smallest absolute Gasteiger partial charge is 0.223 e. The van der Waals surface area contributed by atoms with Crippen LogP contribution in [0.5, 0.6) is 0 Å². The quantitative estimate of drug-likeness (QED) is 0.825. The van der Waals surface area contributed by atoms with E-state index in [-0.39, 0.29) is 5.38 Å². The molecule has 4 heteroatoms. The van der Waals surface area contributed by atoms with E-state index in [1.165, 1.54) is 0 Å². The number of alkyl halides is 1. The molecule has 0 bridgehead atoms. The number of aromatic nitrogens is 2. The van der Waals surface area contributed by atoms with Crippen molar-refractivity contribution in [1.29, 1.82) is 0 Å². The van der Waals surface area contributed by atoms with E-state index in [1.807, 2.05) is 30.5 Å². The Bertz CT molecular complexity index is 487. The van der Waals surface area contributed by atoms with Crippen molar-refractivity contribution in [3.63, 3.8) is 0 Å². The molecule has 0 aliphatic heterocycles. The summed E-state index contributed by atoms with van der Waals surface area (Å²) in [7, 11) is 0. The molecule has 2 rings (SSSR count). The average Bonchev–Trinajstić information content (AvgIpc) is 2.38. The molecule has 1 heterocycles. The average molecular weight is 250 g/mol. The first kappa shape index (κ1) is 12.1. The summed E-state index contributed by atoms with van der Waals surface area (Å²) < 4.78 is 0. The number of nitrogens with zero attached hydrogens (tertiary/aromatic N) is 2. The van der Waals surface area contributed by atoms with Crippen LogP contribution in [-0.4, -0.2) is 21.9 Å². The van der Waals surface area contributed by atoms with Gasteiger partial charge in [-0.1, -0.05) is 25.1 Å². The van der Waals surface area contributed by atoms with Gasteiger partial charge in [0.25, 0.3) is 0 Å². The summed E-state index contributed by atoms with van der Waals surface area (Å²) in [6.45, 7) is 2.89. The minimum absolute atomic E-state index is 0.225. The van der Waals surface area contributed by atoms with Gasteiger partial charge in [-0.25, -0.2) is 9.97 Å². The van der Waals surface area contributed by atoms with E-state index >= 15 is 0 Å². The van der Waals surface area contributed by atoms with E-state index in [1.54, 1.807) is 0 Å². The molecule has 1 N–H and O–H groups in total. The van der Waals surface area contributed by atoms with Crippen molar-refractivity contribution < 1.29 is 0 Å². The van der Waals surface area contributed by atoms with Crippen LogP contribution in [0.4, 0.5) is 5.95 Å². The van der Waals surface area contributed by atoms with Crippen molar-refractivity contribution in [2.24, 2.45) is 0 Å². The summed E-state index contributed by atoms with van der Waals surface area (Å²) in [5.74, 6) is 0.670. The number of fused-ring (bicyclic) bond motifs is 1. The molecule has 1 atom stereocenters. The molecule has 3 nitrogen and oxygen atoms in total. The fraction of sp³-hybridized carbons (Fsp3) is 0.385. The Morgan fingerprint density at radius 2 is 2.18 bits per heavy atom. The molecule has 17 heavy (non-hydrogen) atoms. The fourth-order valence-electron chi connectivity index (χ4n) is 1.60. The molecule has 2 aromatic rings. The summed E-state index contributed by atoms with van der Waals surface area (Å²) in [4.78, 5) is 8.70. The van der Waals surface area contributed by atoms with Crippen LogP contribution in [0, 0.1) is 0 Å². The lowest BCUT2D eigenvalue weighted by Gasteiger charge is -2.08. The Hall–Kier alpha value is -1.35. The highest BCUT2D eigenvalue weighted by molar-refractivity contribution is 6.20. The number of nitrogens with one attached hydrogen (secondary N) is 1. The molecule has 0 aliphatic rings. The van der Waals surface area contributed by atoms with E-state index in [0.717, 1.165) is 30.3 Å². The molecule has 1 aromatic heterocycles. The van der Waals surface area contributed by atoms with Crippen LogP contribution in [0.25, 0.3) is 10.9 Å². The molecule has 0 spiro atoms. The number of anilines is 1. The Morgan fingerprint density at radius 1 is 1.35 bits per heavy atom. The maximum absolute atomic E-state index is 6.05. The molecule has 1 unspecified atom stereocenters. The molecule has 0 radical (unpaired) electrons. The van der Waals surface area contributed by atoms with Gasteiger partial charge in [-0.15, -0.1) is 11.6 Å². The minimum atomic E-state index is 0.225. The van der Waals surface area contributed by atoms with E-state index in [0.29, 0.717) is 5.95 Å². The molecular weight excluding hydrogens is 234 g/mol. The zero-order valence-electron chi connectivity index (χ0n) is 9.86. The predicted molar refractivity (Wildman–Crippen MR) is 72.6 cm³/mol. The van der Waals surface area contributed by atoms with Crippen molar-refractivity contribution in [3.05, 3.63) is 30.5 Å². The third-order valence-electron chi connectivity index (χ3n) is 2.67. The lowest BCUT2D eigenvalue weighted by atomic mass is 10.2. The number of benzene rings is 1. The molecule has 1 aromatic carbocycles. The van der Waals surface area contributed by atoms with Crippen molar-refractivity contribution in [3.8, 4) is 0 Å². The third-order valence-corrected chi connectivity index (χ3v) is 3.20. The minimum Gasteiger partial charge on any atom is -0.354 e. The fourth-order valence-corrected chi connectivity index (χ4v) is 1.71. The van der Waals surface area contributed by atoms with Gasteiger partial charge in [0.2, 0.25) is 5.95 Å². The predicted octanol–water partition coefficient (Wildman–Crippen LogP) is 3.45. The van der Waals surface area contributed by atoms with Crippen molar-refractivity contribution in [2.45, 2.75) is 25.1 Å². The molecule has 0 fully saturated rings. The number of rotatable bonds is 5. The first-order valence-electron chi connectivity index (χ1n) is 5.89. The molecule has 90 valence electrons. The van der Waals surface area contributed by atoms with Crippen LogP contribution < -0.4 is 5.32 Å². The molecule has 0 saturated heterocycles. The highest BCUT2D eigenvalue weighted by Gasteiger charge is 2.02. The second kappa shape index (κ2) is 5.82. The monoisotopic (exact) mass is 249 g/mol. The normalized spacial score (nSPS) is 12.6. The number of para-hydroxylation sites is 1. The Labute approximate surface area is 106 Å². The lowest BCUT2D eigenvalue weighted by Crippen LogP contribution is -2.10. The van der Waals surface area contributed by atoms with Crippen LogP contribution in [0.1, 0.15) is 19.8 Å². The molecule has 0 amide bonds. The van der Waals surface area contributed by atoms with Crippen molar-refractivity contribution in [2.75, 3.05) is 11.9 Å². The summed E-state index contributed by atoms with van der Waals surface area (Å²) in [5, 5.41) is 4.48. The Balaban J connectivity index is 1.99. The largest absolute Gasteiger partial charge is 0.354 e. The summed E-state index contributed by atoms with van der Waals surface area (Å²) >= 11 is 6.05. The highest BCUT2D eigenvalue weighted by atomic mass is 35.5. The summed E-state index contributed by atoms with van der Waals surface area (Å²) in [6.07, 6.45) is 3.75. The first-order chi connectivity index (χ1) is 8.29. The van der Waals surface area contributed by atoms with E-state index in [9.17, 15) is 0 Å². The maximum Gasteiger partial charge on any atom is 0.223 e.